The van der Waals surface area contributed by atoms with Gasteiger partial charge in [-0.15, -0.1) is 0 Å². The van der Waals surface area contributed by atoms with E-state index < -0.39 is 0 Å². The fourth-order valence-corrected chi connectivity index (χ4v) is 2.33. The minimum atomic E-state index is 0.433. The average molecular weight is 213 g/mol. The number of rotatable bonds is 9. The van der Waals surface area contributed by atoms with E-state index in [1.165, 1.54) is 44.9 Å². The predicted molar refractivity (Wildman–Crippen MR) is 70.0 cm³/mol. The Balaban J connectivity index is 3.87. The zero-order valence-corrected chi connectivity index (χ0v) is 11.3. The molecule has 0 fully saturated rings. The molecule has 0 heterocycles. The van der Waals surface area contributed by atoms with E-state index in [2.05, 4.69) is 27.7 Å². The first-order chi connectivity index (χ1) is 7.13. The summed E-state index contributed by atoms with van der Waals surface area (Å²) in [6.45, 7) is 9.16. The summed E-state index contributed by atoms with van der Waals surface area (Å²) in [6, 6.07) is 0.433. The zero-order valence-electron chi connectivity index (χ0n) is 11.3. The second-order valence-electron chi connectivity index (χ2n) is 5.21. The molecule has 0 rings (SSSR count). The quantitative estimate of drug-likeness (QED) is 0.566. The molecular formula is C14H31N. The van der Waals surface area contributed by atoms with Crippen LogP contribution in [0.25, 0.3) is 0 Å². The van der Waals surface area contributed by atoms with Gasteiger partial charge in [-0.1, -0.05) is 59.8 Å². The summed E-state index contributed by atoms with van der Waals surface area (Å²) in [4.78, 5) is 0. The molecule has 0 amide bonds. The molecule has 0 saturated carbocycles. The topological polar surface area (TPSA) is 26.0 Å². The van der Waals surface area contributed by atoms with E-state index in [1.807, 2.05) is 0 Å². The maximum atomic E-state index is 6.30. The van der Waals surface area contributed by atoms with Crippen LogP contribution in [0, 0.1) is 11.8 Å². The van der Waals surface area contributed by atoms with E-state index in [0.29, 0.717) is 6.04 Å². The van der Waals surface area contributed by atoms with Gasteiger partial charge in [0, 0.05) is 6.04 Å². The summed E-state index contributed by atoms with van der Waals surface area (Å²) in [5.41, 5.74) is 6.30. The highest BCUT2D eigenvalue weighted by atomic mass is 14.6. The summed E-state index contributed by atoms with van der Waals surface area (Å²) in [6.07, 6.45) is 9.13. The van der Waals surface area contributed by atoms with Gasteiger partial charge < -0.3 is 5.73 Å². The molecule has 2 unspecified atom stereocenters. The predicted octanol–water partition coefficient (Wildman–Crippen LogP) is 4.36. The maximum Gasteiger partial charge on any atom is 0.00696 e. The maximum absolute atomic E-state index is 6.30. The average Bonchev–Trinajstić information content (AvgIpc) is 2.18. The van der Waals surface area contributed by atoms with Crippen molar-refractivity contribution in [2.75, 3.05) is 0 Å². The van der Waals surface area contributed by atoms with E-state index in [4.69, 9.17) is 5.73 Å². The largest absolute Gasteiger partial charge is 0.327 e. The SMILES string of the molecule is CCCCCC(N)C(CCCC)C(C)C. The smallest absolute Gasteiger partial charge is 0.00696 e. The Hall–Kier alpha value is -0.0400. The molecule has 0 bridgehead atoms. The monoisotopic (exact) mass is 213 g/mol. The van der Waals surface area contributed by atoms with Crippen molar-refractivity contribution in [1.29, 1.82) is 0 Å². The minimum Gasteiger partial charge on any atom is -0.327 e. The summed E-state index contributed by atoms with van der Waals surface area (Å²) in [7, 11) is 0. The van der Waals surface area contributed by atoms with Crippen LogP contribution in [0.4, 0.5) is 0 Å². The molecule has 15 heavy (non-hydrogen) atoms. The van der Waals surface area contributed by atoms with Crippen LogP contribution in [0.5, 0.6) is 0 Å². The number of unbranched alkanes of at least 4 members (excludes halogenated alkanes) is 3. The Kier molecular flexibility index (Phi) is 9.18. The van der Waals surface area contributed by atoms with Crippen LogP contribution in [0.2, 0.25) is 0 Å². The lowest BCUT2D eigenvalue weighted by atomic mass is 9.82. The standard InChI is InChI=1S/C14H31N/c1-5-7-9-11-14(15)13(12(3)4)10-8-6-2/h12-14H,5-11,15H2,1-4H3. The van der Waals surface area contributed by atoms with Crippen LogP contribution in [-0.2, 0) is 0 Å². The molecule has 0 saturated heterocycles. The molecule has 0 radical (unpaired) electrons. The van der Waals surface area contributed by atoms with Crippen LogP contribution in [0.1, 0.15) is 72.6 Å². The Morgan fingerprint density at radius 1 is 0.867 bits per heavy atom. The fraction of sp³-hybridized carbons (Fsp3) is 1.00. The Morgan fingerprint density at radius 2 is 1.47 bits per heavy atom. The summed E-state index contributed by atoms with van der Waals surface area (Å²) < 4.78 is 0. The molecule has 1 nitrogen and oxygen atoms in total. The van der Waals surface area contributed by atoms with Crippen molar-refractivity contribution in [3.8, 4) is 0 Å². The van der Waals surface area contributed by atoms with Crippen LogP contribution in [-0.4, -0.2) is 6.04 Å². The molecule has 0 spiro atoms. The van der Waals surface area contributed by atoms with E-state index in [9.17, 15) is 0 Å². The third-order valence-electron chi connectivity index (χ3n) is 3.44. The molecule has 0 aliphatic heterocycles. The van der Waals surface area contributed by atoms with Gasteiger partial charge in [0.1, 0.15) is 0 Å². The Morgan fingerprint density at radius 3 is 1.93 bits per heavy atom. The van der Waals surface area contributed by atoms with Gasteiger partial charge >= 0.3 is 0 Å². The lowest BCUT2D eigenvalue weighted by Gasteiger charge is -2.27. The van der Waals surface area contributed by atoms with Crippen molar-refractivity contribution in [3.05, 3.63) is 0 Å². The van der Waals surface area contributed by atoms with Crippen molar-refractivity contribution >= 4 is 0 Å². The number of hydrogen-bond donors (Lipinski definition) is 1. The highest BCUT2D eigenvalue weighted by Gasteiger charge is 2.19. The van der Waals surface area contributed by atoms with Gasteiger partial charge in [0.15, 0.2) is 0 Å². The van der Waals surface area contributed by atoms with Gasteiger partial charge in [0.2, 0.25) is 0 Å². The third kappa shape index (κ3) is 6.94. The molecule has 2 N–H and O–H groups in total. The van der Waals surface area contributed by atoms with Crippen molar-refractivity contribution in [1.82, 2.24) is 0 Å². The van der Waals surface area contributed by atoms with Crippen LogP contribution in [0.15, 0.2) is 0 Å². The third-order valence-corrected chi connectivity index (χ3v) is 3.44. The molecular weight excluding hydrogens is 182 g/mol. The summed E-state index contributed by atoms with van der Waals surface area (Å²) >= 11 is 0. The van der Waals surface area contributed by atoms with E-state index in [-0.39, 0.29) is 0 Å². The second-order valence-corrected chi connectivity index (χ2v) is 5.21. The van der Waals surface area contributed by atoms with Crippen molar-refractivity contribution in [2.24, 2.45) is 17.6 Å². The number of hydrogen-bond acceptors (Lipinski definition) is 1. The molecule has 1 heteroatoms. The van der Waals surface area contributed by atoms with Crippen molar-refractivity contribution in [3.63, 3.8) is 0 Å². The van der Waals surface area contributed by atoms with Gasteiger partial charge in [-0.2, -0.15) is 0 Å². The molecule has 0 aliphatic rings. The van der Waals surface area contributed by atoms with Gasteiger partial charge in [-0.3, -0.25) is 0 Å². The van der Waals surface area contributed by atoms with Crippen molar-refractivity contribution in [2.45, 2.75) is 78.7 Å². The summed E-state index contributed by atoms with van der Waals surface area (Å²) in [5, 5.41) is 0. The highest BCUT2D eigenvalue weighted by molar-refractivity contribution is 4.75. The molecule has 0 aliphatic carbocycles. The molecule has 0 aromatic carbocycles. The normalized spacial score (nSPS) is 15.6. The highest BCUT2D eigenvalue weighted by Crippen LogP contribution is 2.23. The zero-order chi connectivity index (χ0) is 11.7. The molecule has 2 atom stereocenters. The summed E-state index contributed by atoms with van der Waals surface area (Å²) in [5.74, 6) is 1.48. The molecule has 0 aromatic rings. The molecule has 92 valence electrons. The van der Waals surface area contributed by atoms with Gasteiger partial charge in [0.05, 0.1) is 0 Å². The Bertz CT molecular complexity index is 131. The first kappa shape index (κ1) is 15.0. The lowest BCUT2D eigenvalue weighted by molar-refractivity contribution is 0.276. The first-order valence-corrected chi connectivity index (χ1v) is 6.89. The van der Waals surface area contributed by atoms with Gasteiger partial charge in [-0.05, 0) is 24.7 Å². The van der Waals surface area contributed by atoms with E-state index >= 15 is 0 Å². The first-order valence-electron chi connectivity index (χ1n) is 6.89. The van der Waals surface area contributed by atoms with Crippen LogP contribution in [0.3, 0.4) is 0 Å². The lowest BCUT2D eigenvalue weighted by Crippen LogP contribution is -2.33. The fourth-order valence-electron chi connectivity index (χ4n) is 2.33. The van der Waals surface area contributed by atoms with Gasteiger partial charge in [0.25, 0.3) is 0 Å². The van der Waals surface area contributed by atoms with Gasteiger partial charge in [-0.25, -0.2) is 0 Å². The van der Waals surface area contributed by atoms with Crippen LogP contribution < -0.4 is 5.73 Å². The van der Waals surface area contributed by atoms with Crippen LogP contribution >= 0.6 is 0 Å². The minimum absolute atomic E-state index is 0.433. The second kappa shape index (κ2) is 9.21. The van der Waals surface area contributed by atoms with E-state index in [1.54, 1.807) is 0 Å². The molecule has 0 aromatic heterocycles. The van der Waals surface area contributed by atoms with E-state index in [0.717, 1.165) is 11.8 Å². The number of nitrogens with two attached hydrogens (primary N) is 1. The Labute approximate surface area is 96.8 Å². The van der Waals surface area contributed by atoms with Crippen molar-refractivity contribution < 1.29 is 0 Å².